The number of hydrogen-bond donors (Lipinski definition) is 0. The van der Waals surface area contributed by atoms with Gasteiger partial charge in [0.15, 0.2) is 0 Å². The first-order valence-corrected chi connectivity index (χ1v) is 9.74. The molecular formula is C20H38O2. The van der Waals surface area contributed by atoms with Crippen LogP contribution < -0.4 is 0 Å². The van der Waals surface area contributed by atoms with Gasteiger partial charge in [-0.2, -0.15) is 0 Å². The van der Waals surface area contributed by atoms with Gasteiger partial charge >= 0.3 is 5.97 Å². The molecule has 1 fully saturated rings. The highest BCUT2D eigenvalue weighted by Gasteiger charge is 2.33. The molecule has 130 valence electrons. The van der Waals surface area contributed by atoms with Gasteiger partial charge in [0.25, 0.3) is 0 Å². The van der Waals surface area contributed by atoms with Crippen molar-refractivity contribution >= 4 is 5.97 Å². The lowest BCUT2D eigenvalue weighted by molar-refractivity contribution is -0.156. The van der Waals surface area contributed by atoms with Gasteiger partial charge in [-0.05, 0) is 37.0 Å². The summed E-state index contributed by atoms with van der Waals surface area (Å²) in [5, 5.41) is 0. The second-order valence-corrected chi connectivity index (χ2v) is 7.73. The summed E-state index contributed by atoms with van der Waals surface area (Å²) in [5.41, 5.74) is 0. The van der Waals surface area contributed by atoms with E-state index in [1.165, 1.54) is 51.4 Å². The van der Waals surface area contributed by atoms with Crippen molar-refractivity contribution < 1.29 is 9.53 Å². The van der Waals surface area contributed by atoms with Crippen molar-refractivity contribution in [3.05, 3.63) is 0 Å². The van der Waals surface area contributed by atoms with Crippen LogP contribution in [0.25, 0.3) is 0 Å². The fourth-order valence-electron chi connectivity index (χ4n) is 3.70. The highest BCUT2D eigenvalue weighted by atomic mass is 16.5. The molecule has 1 aliphatic carbocycles. The summed E-state index contributed by atoms with van der Waals surface area (Å²) in [6.45, 7) is 9.05. The lowest BCUT2D eigenvalue weighted by Gasteiger charge is -2.36. The summed E-state index contributed by atoms with van der Waals surface area (Å²) < 4.78 is 5.84. The van der Waals surface area contributed by atoms with Gasteiger partial charge in [0.1, 0.15) is 6.10 Å². The Hall–Kier alpha value is -0.530. The summed E-state index contributed by atoms with van der Waals surface area (Å²) in [6.07, 6.45) is 13.1. The third-order valence-corrected chi connectivity index (χ3v) is 5.23. The Morgan fingerprint density at radius 2 is 1.68 bits per heavy atom. The number of rotatable bonds is 10. The van der Waals surface area contributed by atoms with Crippen molar-refractivity contribution in [3.63, 3.8) is 0 Å². The lowest BCUT2D eigenvalue weighted by atomic mass is 9.75. The molecule has 0 aromatic heterocycles. The van der Waals surface area contributed by atoms with Gasteiger partial charge in [-0.1, -0.05) is 72.6 Å². The van der Waals surface area contributed by atoms with Gasteiger partial charge in [0.05, 0.1) is 0 Å². The molecule has 0 N–H and O–H groups in total. The zero-order valence-corrected chi connectivity index (χ0v) is 15.4. The monoisotopic (exact) mass is 310 g/mol. The van der Waals surface area contributed by atoms with Crippen LogP contribution >= 0.6 is 0 Å². The fourth-order valence-corrected chi connectivity index (χ4v) is 3.70. The van der Waals surface area contributed by atoms with Crippen LogP contribution in [0.2, 0.25) is 0 Å². The van der Waals surface area contributed by atoms with E-state index in [0.717, 1.165) is 12.8 Å². The predicted molar refractivity (Wildman–Crippen MR) is 93.8 cm³/mol. The quantitative estimate of drug-likeness (QED) is 0.358. The molecule has 1 aliphatic rings. The van der Waals surface area contributed by atoms with Crippen molar-refractivity contribution in [2.75, 3.05) is 0 Å². The molecular weight excluding hydrogens is 272 g/mol. The van der Waals surface area contributed by atoms with Gasteiger partial charge in [0, 0.05) is 6.42 Å². The summed E-state index contributed by atoms with van der Waals surface area (Å²) in [5.74, 6) is 1.92. The van der Waals surface area contributed by atoms with Gasteiger partial charge in [-0.25, -0.2) is 0 Å². The first kappa shape index (κ1) is 19.5. The zero-order chi connectivity index (χ0) is 16.4. The molecule has 0 aromatic carbocycles. The van der Waals surface area contributed by atoms with E-state index in [1.807, 2.05) is 0 Å². The van der Waals surface area contributed by atoms with Crippen LogP contribution in [-0.2, 0) is 9.53 Å². The van der Waals surface area contributed by atoms with Gasteiger partial charge in [-0.3, -0.25) is 4.79 Å². The highest BCUT2D eigenvalue weighted by Crippen LogP contribution is 2.35. The Kier molecular flexibility index (Phi) is 9.82. The molecule has 0 aromatic rings. The average Bonchev–Trinajstić information content (AvgIpc) is 2.46. The van der Waals surface area contributed by atoms with Crippen LogP contribution in [0.15, 0.2) is 0 Å². The highest BCUT2D eigenvalue weighted by molar-refractivity contribution is 5.69. The van der Waals surface area contributed by atoms with Crippen molar-refractivity contribution in [1.29, 1.82) is 0 Å². The van der Waals surface area contributed by atoms with E-state index in [4.69, 9.17) is 4.74 Å². The molecule has 0 bridgehead atoms. The van der Waals surface area contributed by atoms with E-state index >= 15 is 0 Å². The summed E-state index contributed by atoms with van der Waals surface area (Å²) in [7, 11) is 0. The maximum Gasteiger partial charge on any atom is 0.306 e. The third kappa shape index (κ3) is 7.65. The molecule has 0 saturated heterocycles. The molecule has 0 heterocycles. The van der Waals surface area contributed by atoms with Gasteiger partial charge < -0.3 is 4.74 Å². The molecule has 0 spiro atoms. The van der Waals surface area contributed by atoms with E-state index in [1.54, 1.807) is 0 Å². The van der Waals surface area contributed by atoms with E-state index in [-0.39, 0.29) is 12.1 Å². The largest absolute Gasteiger partial charge is 0.462 e. The minimum atomic E-state index is 0.0401. The normalized spacial score (nSPS) is 25.4. The van der Waals surface area contributed by atoms with Crippen LogP contribution in [0.3, 0.4) is 0 Å². The standard InChI is InChI=1S/C20H38O2/c1-5-6-7-8-9-10-11-12-20(21)22-19-15-17(4)13-14-18(19)16(2)3/h16-19H,5-15H2,1-4H3/t17-,18+,19-/m0/s1. The Labute approximate surface area is 138 Å². The second kappa shape index (κ2) is 11.1. The summed E-state index contributed by atoms with van der Waals surface area (Å²) >= 11 is 0. The van der Waals surface area contributed by atoms with E-state index < -0.39 is 0 Å². The maximum absolute atomic E-state index is 12.1. The van der Waals surface area contributed by atoms with Crippen LogP contribution in [0, 0.1) is 17.8 Å². The SMILES string of the molecule is CCCCCCCCCC(=O)O[C@H]1C[C@@H](C)CC[C@@H]1C(C)C. The molecule has 1 rings (SSSR count). The molecule has 2 heteroatoms. The lowest BCUT2D eigenvalue weighted by Crippen LogP contribution is -2.35. The number of esters is 1. The summed E-state index contributed by atoms with van der Waals surface area (Å²) in [4.78, 5) is 12.1. The first-order valence-electron chi connectivity index (χ1n) is 9.74. The molecule has 0 aliphatic heterocycles. The van der Waals surface area contributed by atoms with Crippen LogP contribution in [0.1, 0.15) is 98.3 Å². The number of carbonyl (C=O) groups excluding carboxylic acids is 1. The van der Waals surface area contributed by atoms with Gasteiger partial charge in [-0.15, -0.1) is 0 Å². The molecule has 22 heavy (non-hydrogen) atoms. The third-order valence-electron chi connectivity index (χ3n) is 5.23. The number of ether oxygens (including phenoxy) is 1. The molecule has 0 unspecified atom stereocenters. The van der Waals surface area contributed by atoms with E-state index in [9.17, 15) is 4.79 Å². The van der Waals surface area contributed by atoms with Crippen molar-refractivity contribution in [2.24, 2.45) is 17.8 Å². The molecule has 2 nitrogen and oxygen atoms in total. The van der Waals surface area contributed by atoms with Crippen LogP contribution in [-0.4, -0.2) is 12.1 Å². The molecule has 0 radical (unpaired) electrons. The Morgan fingerprint density at radius 1 is 1.05 bits per heavy atom. The second-order valence-electron chi connectivity index (χ2n) is 7.73. The fraction of sp³-hybridized carbons (Fsp3) is 0.950. The predicted octanol–water partition coefficient (Wildman–Crippen LogP) is 6.13. The molecule has 3 atom stereocenters. The minimum absolute atomic E-state index is 0.0401. The zero-order valence-electron chi connectivity index (χ0n) is 15.4. The van der Waals surface area contributed by atoms with E-state index in [0.29, 0.717) is 24.2 Å². The maximum atomic E-state index is 12.1. The van der Waals surface area contributed by atoms with Crippen molar-refractivity contribution in [1.82, 2.24) is 0 Å². The summed E-state index contributed by atoms with van der Waals surface area (Å²) in [6, 6.07) is 0. The van der Waals surface area contributed by atoms with Crippen molar-refractivity contribution in [3.8, 4) is 0 Å². The molecule has 1 saturated carbocycles. The number of hydrogen-bond acceptors (Lipinski definition) is 2. The average molecular weight is 311 g/mol. The number of carbonyl (C=O) groups is 1. The Bertz CT molecular complexity index is 298. The first-order chi connectivity index (χ1) is 10.5. The minimum Gasteiger partial charge on any atom is -0.462 e. The Morgan fingerprint density at radius 3 is 2.32 bits per heavy atom. The van der Waals surface area contributed by atoms with Gasteiger partial charge in [0.2, 0.25) is 0 Å². The molecule has 0 amide bonds. The smallest absolute Gasteiger partial charge is 0.306 e. The number of unbranched alkanes of at least 4 members (excludes halogenated alkanes) is 6. The van der Waals surface area contributed by atoms with Crippen LogP contribution in [0.4, 0.5) is 0 Å². The van der Waals surface area contributed by atoms with Crippen molar-refractivity contribution in [2.45, 2.75) is 104 Å². The van der Waals surface area contributed by atoms with E-state index in [2.05, 4.69) is 27.7 Å². The topological polar surface area (TPSA) is 26.3 Å². The van der Waals surface area contributed by atoms with Crippen LogP contribution in [0.5, 0.6) is 0 Å². The Balaban J connectivity index is 2.19.